The molecule has 0 aliphatic heterocycles. The number of nitrogens with zero attached hydrogens (tertiary/aromatic N) is 5. The first-order valence-corrected chi connectivity index (χ1v) is 17.2. The Labute approximate surface area is 299 Å². The summed E-state index contributed by atoms with van der Waals surface area (Å²) < 4.78 is 53.2. The van der Waals surface area contributed by atoms with Gasteiger partial charge in [0.15, 0.2) is 23.1 Å². The van der Waals surface area contributed by atoms with Crippen LogP contribution in [0.2, 0.25) is 0 Å². The Balaban J connectivity index is 1.50. The predicted octanol–water partition coefficient (Wildman–Crippen LogP) is 5.58. The molecule has 5 rings (SSSR count). The number of esters is 1. The number of para-hydroxylation sites is 2. The molecule has 0 radical (unpaired) electrons. The van der Waals surface area contributed by atoms with Gasteiger partial charge >= 0.3 is 5.97 Å². The number of rotatable bonds is 15. The standard InChI is InChI=1S/C35H36N6O10S/c1-35(2,3)24-14-16-25(17-15-24)52(45,46)40-30-29(51-28-13-8-7-12-27(28)47-4)33(39-32(38-30)31-36-18-9-19-37-31)48-20-21-49-34(42)26-11-6-5-10-23(26)22-50-41(43)44/h5-19,43-44H,20-22H2,1-4H3,(H,38,39,40). The monoisotopic (exact) mass is 732 g/mol. The lowest BCUT2D eigenvalue weighted by Gasteiger charge is -2.20. The van der Waals surface area contributed by atoms with Crippen LogP contribution in [0.5, 0.6) is 23.1 Å². The van der Waals surface area contributed by atoms with Gasteiger partial charge in [-0.05, 0) is 52.9 Å². The molecule has 5 aromatic rings. The van der Waals surface area contributed by atoms with Crippen molar-refractivity contribution in [1.29, 1.82) is 0 Å². The first-order chi connectivity index (χ1) is 24.9. The summed E-state index contributed by atoms with van der Waals surface area (Å²) in [5.74, 6) is -1.05. The number of sulfonamides is 1. The average molecular weight is 733 g/mol. The molecule has 0 saturated heterocycles. The molecule has 0 atom stereocenters. The first-order valence-electron chi connectivity index (χ1n) is 15.7. The van der Waals surface area contributed by atoms with Gasteiger partial charge < -0.3 is 18.9 Å². The maximum atomic E-state index is 13.8. The summed E-state index contributed by atoms with van der Waals surface area (Å²) in [6.45, 7) is 5.15. The van der Waals surface area contributed by atoms with Crippen LogP contribution in [0.4, 0.5) is 5.82 Å². The molecular weight excluding hydrogens is 696 g/mol. The molecule has 0 saturated carbocycles. The minimum absolute atomic E-state index is 0.0365. The molecule has 16 nitrogen and oxygen atoms in total. The molecule has 2 aromatic heterocycles. The molecule has 0 amide bonds. The zero-order chi connectivity index (χ0) is 37.3. The predicted molar refractivity (Wildman–Crippen MR) is 184 cm³/mol. The lowest BCUT2D eigenvalue weighted by atomic mass is 9.87. The summed E-state index contributed by atoms with van der Waals surface area (Å²) in [7, 11) is -2.82. The van der Waals surface area contributed by atoms with Crippen molar-refractivity contribution in [1.82, 2.24) is 25.3 Å². The van der Waals surface area contributed by atoms with Gasteiger partial charge in [-0.25, -0.2) is 33.0 Å². The van der Waals surface area contributed by atoms with E-state index in [1.165, 1.54) is 37.7 Å². The number of hydrogen-bond acceptors (Lipinski definition) is 15. The zero-order valence-corrected chi connectivity index (χ0v) is 29.4. The highest BCUT2D eigenvalue weighted by atomic mass is 32.2. The maximum Gasteiger partial charge on any atom is 0.338 e. The van der Waals surface area contributed by atoms with E-state index in [1.807, 2.05) is 20.8 Å². The number of carbonyl (C=O) groups is 1. The Bertz CT molecular complexity index is 2090. The third-order valence-corrected chi connectivity index (χ3v) is 8.63. The fourth-order valence-electron chi connectivity index (χ4n) is 4.66. The Morgan fingerprint density at radius 1 is 0.846 bits per heavy atom. The van der Waals surface area contributed by atoms with E-state index in [0.29, 0.717) is 11.3 Å². The fraction of sp³-hybridized carbons (Fsp3) is 0.229. The van der Waals surface area contributed by atoms with E-state index in [2.05, 4.69) is 29.5 Å². The second-order valence-electron chi connectivity index (χ2n) is 11.9. The van der Waals surface area contributed by atoms with Crippen molar-refractivity contribution in [2.45, 2.75) is 37.7 Å². The van der Waals surface area contributed by atoms with Gasteiger partial charge in [-0.15, -0.1) is 0 Å². The number of aromatic nitrogens is 4. The summed E-state index contributed by atoms with van der Waals surface area (Å²) >= 11 is 0. The SMILES string of the molecule is COc1ccccc1Oc1c(NS(=O)(=O)c2ccc(C(C)(C)C)cc2)nc(-c2ncccn2)nc1OCCOC(=O)c1ccccc1CON(O)O. The third-order valence-electron chi connectivity index (χ3n) is 7.27. The highest BCUT2D eigenvalue weighted by molar-refractivity contribution is 7.92. The summed E-state index contributed by atoms with van der Waals surface area (Å²) in [5, 5.41) is 17.3. The summed E-state index contributed by atoms with van der Waals surface area (Å²) in [5.41, 5.74) is 1.17. The Hall–Kier alpha value is -5.72. The highest BCUT2D eigenvalue weighted by Crippen LogP contribution is 2.41. The van der Waals surface area contributed by atoms with Crippen LogP contribution in [0, 0.1) is 0 Å². The Kier molecular flexibility index (Phi) is 11.9. The van der Waals surface area contributed by atoms with E-state index in [4.69, 9.17) is 29.4 Å². The summed E-state index contributed by atoms with van der Waals surface area (Å²) in [6.07, 6.45) is 2.93. The lowest BCUT2D eigenvalue weighted by molar-refractivity contribution is -0.497. The minimum Gasteiger partial charge on any atom is -0.493 e. The quantitative estimate of drug-likeness (QED) is 0.0683. The molecule has 52 heavy (non-hydrogen) atoms. The van der Waals surface area contributed by atoms with E-state index < -0.39 is 21.4 Å². The molecule has 17 heteroatoms. The maximum absolute atomic E-state index is 13.8. The van der Waals surface area contributed by atoms with Crippen LogP contribution < -0.4 is 18.9 Å². The van der Waals surface area contributed by atoms with Crippen molar-refractivity contribution in [2.24, 2.45) is 0 Å². The van der Waals surface area contributed by atoms with Crippen molar-refractivity contribution < 1.29 is 47.4 Å². The van der Waals surface area contributed by atoms with E-state index in [-0.39, 0.29) is 70.5 Å². The van der Waals surface area contributed by atoms with Crippen molar-refractivity contribution in [3.05, 3.63) is 108 Å². The van der Waals surface area contributed by atoms with Gasteiger partial charge in [0.05, 0.1) is 29.6 Å². The van der Waals surface area contributed by atoms with Crippen molar-refractivity contribution in [2.75, 3.05) is 25.0 Å². The molecule has 0 fully saturated rings. The number of benzene rings is 3. The fourth-order valence-corrected chi connectivity index (χ4v) is 5.66. The molecular formula is C35H36N6O10S. The van der Waals surface area contributed by atoms with Gasteiger partial charge in [-0.2, -0.15) is 4.98 Å². The molecule has 0 bridgehead atoms. The van der Waals surface area contributed by atoms with E-state index in [0.717, 1.165) is 5.56 Å². The van der Waals surface area contributed by atoms with Gasteiger partial charge in [-0.1, -0.05) is 63.2 Å². The highest BCUT2D eigenvalue weighted by Gasteiger charge is 2.27. The number of ether oxygens (including phenoxy) is 4. The van der Waals surface area contributed by atoms with Crippen LogP contribution in [-0.2, 0) is 31.6 Å². The largest absolute Gasteiger partial charge is 0.493 e. The van der Waals surface area contributed by atoms with Crippen molar-refractivity contribution in [3.8, 4) is 34.8 Å². The van der Waals surface area contributed by atoms with Gasteiger partial charge in [0.2, 0.25) is 11.6 Å². The number of anilines is 1. The normalized spacial score (nSPS) is 11.6. The minimum atomic E-state index is -4.26. The number of nitrogens with one attached hydrogen (secondary N) is 1. The van der Waals surface area contributed by atoms with Gasteiger partial charge in [0.25, 0.3) is 15.9 Å². The summed E-state index contributed by atoms with van der Waals surface area (Å²) in [4.78, 5) is 34.8. The second kappa shape index (κ2) is 16.5. The van der Waals surface area contributed by atoms with Crippen LogP contribution in [0.3, 0.4) is 0 Å². The number of methoxy groups -OCH3 is 1. The number of hydrogen-bond donors (Lipinski definition) is 3. The Morgan fingerprint density at radius 3 is 2.19 bits per heavy atom. The van der Waals surface area contributed by atoms with Crippen LogP contribution in [0.25, 0.3) is 11.6 Å². The Morgan fingerprint density at radius 2 is 1.52 bits per heavy atom. The van der Waals surface area contributed by atoms with E-state index >= 15 is 0 Å². The zero-order valence-electron chi connectivity index (χ0n) is 28.6. The van der Waals surface area contributed by atoms with Crippen LogP contribution in [-0.4, -0.2) is 70.5 Å². The molecule has 0 aliphatic carbocycles. The lowest BCUT2D eigenvalue weighted by Crippen LogP contribution is -2.18. The van der Waals surface area contributed by atoms with Crippen LogP contribution in [0.1, 0.15) is 42.3 Å². The van der Waals surface area contributed by atoms with Crippen molar-refractivity contribution >= 4 is 21.8 Å². The smallest absolute Gasteiger partial charge is 0.338 e. The summed E-state index contributed by atoms with van der Waals surface area (Å²) in [6, 6.07) is 21.0. The van der Waals surface area contributed by atoms with Crippen LogP contribution >= 0.6 is 0 Å². The van der Waals surface area contributed by atoms with Crippen LogP contribution in [0.15, 0.2) is 96.2 Å². The topological polar surface area (TPSA) is 205 Å². The molecule has 2 heterocycles. The molecule has 272 valence electrons. The molecule has 0 aliphatic rings. The average Bonchev–Trinajstić information content (AvgIpc) is 3.13. The van der Waals surface area contributed by atoms with E-state index in [1.54, 1.807) is 60.7 Å². The second-order valence-corrected chi connectivity index (χ2v) is 13.6. The van der Waals surface area contributed by atoms with Crippen molar-refractivity contribution in [3.63, 3.8) is 0 Å². The number of carbonyl (C=O) groups excluding carboxylic acids is 1. The first kappa shape index (κ1) is 37.5. The molecule has 0 unspecified atom stereocenters. The van der Waals surface area contributed by atoms with Gasteiger partial charge in [0.1, 0.15) is 13.2 Å². The molecule has 3 N–H and O–H groups in total. The van der Waals surface area contributed by atoms with E-state index in [9.17, 15) is 13.2 Å². The molecule has 3 aromatic carbocycles. The van der Waals surface area contributed by atoms with Gasteiger partial charge in [-0.3, -0.25) is 15.1 Å². The van der Waals surface area contributed by atoms with Gasteiger partial charge in [0, 0.05) is 12.4 Å². The molecule has 0 spiro atoms. The third kappa shape index (κ3) is 9.53.